The minimum absolute atomic E-state index is 0.394. The first kappa shape index (κ1) is 11.0. The normalized spacial score (nSPS) is 14.4. The van der Waals surface area contributed by atoms with Gasteiger partial charge in [0, 0.05) is 9.79 Å². The van der Waals surface area contributed by atoms with Gasteiger partial charge in [-0.3, -0.25) is 0 Å². The maximum absolute atomic E-state index is 9.34. The highest BCUT2D eigenvalue weighted by Gasteiger charge is 2.17. The van der Waals surface area contributed by atoms with E-state index in [4.69, 9.17) is 10.6 Å². The highest BCUT2D eigenvalue weighted by molar-refractivity contribution is 7.09. The lowest BCUT2D eigenvalue weighted by Gasteiger charge is -2.14. The van der Waals surface area contributed by atoms with E-state index in [1.54, 1.807) is 0 Å². The van der Waals surface area contributed by atoms with E-state index < -0.39 is 18.8 Å². The van der Waals surface area contributed by atoms with Crippen molar-refractivity contribution in [1.82, 2.24) is 0 Å². The van der Waals surface area contributed by atoms with Crippen molar-refractivity contribution in [2.45, 2.75) is 18.6 Å². The van der Waals surface area contributed by atoms with Crippen molar-refractivity contribution in [1.29, 1.82) is 0 Å². The van der Waals surface area contributed by atoms with E-state index in [-0.39, 0.29) is 0 Å². The van der Waals surface area contributed by atoms with Crippen LogP contribution in [0.2, 0.25) is 0 Å². The fourth-order valence-electron chi connectivity index (χ4n) is 1.08. The van der Waals surface area contributed by atoms with Crippen LogP contribution < -0.4 is 0 Å². The molecule has 14 heavy (non-hydrogen) atoms. The Morgan fingerprint density at radius 1 is 1.64 bits per heavy atom. The molecule has 1 aromatic rings. The maximum Gasteiger partial charge on any atom is 0.0859 e. The summed E-state index contributed by atoms with van der Waals surface area (Å²) in [6.45, 7) is -0.394. The molecule has 1 aromatic heterocycles. The molecule has 2 N–H and O–H groups in total. The topological polar surface area (TPSA) is 89.2 Å². The fraction of sp³-hybridized carbons (Fsp3) is 0.500. The van der Waals surface area contributed by atoms with Crippen molar-refractivity contribution >= 4 is 11.3 Å². The first-order valence-corrected chi connectivity index (χ1v) is 5.01. The second-order valence-electron chi connectivity index (χ2n) is 2.81. The monoisotopic (exact) mass is 213 g/mol. The number of aliphatic hydroxyl groups excluding tert-OH is 2. The summed E-state index contributed by atoms with van der Waals surface area (Å²) in [5.41, 5.74) is 8.28. The van der Waals surface area contributed by atoms with Crippen molar-refractivity contribution in [2.24, 2.45) is 5.11 Å². The average molecular weight is 213 g/mol. The Balaban J connectivity index is 2.64. The summed E-state index contributed by atoms with van der Waals surface area (Å²) in [7, 11) is 0. The van der Waals surface area contributed by atoms with Crippen molar-refractivity contribution < 1.29 is 10.2 Å². The van der Waals surface area contributed by atoms with Crippen LogP contribution in [0.3, 0.4) is 0 Å². The van der Waals surface area contributed by atoms with E-state index in [1.165, 1.54) is 11.3 Å². The number of aliphatic hydroxyl groups is 2. The van der Waals surface area contributed by atoms with E-state index in [0.29, 0.717) is 6.42 Å². The predicted molar refractivity (Wildman–Crippen MR) is 54.0 cm³/mol. The second kappa shape index (κ2) is 5.62. The molecular weight excluding hydrogens is 202 g/mol. The summed E-state index contributed by atoms with van der Waals surface area (Å²) < 4.78 is 0. The molecule has 0 amide bonds. The molecule has 0 radical (unpaired) electrons. The van der Waals surface area contributed by atoms with Gasteiger partial charge in [-0.05, 0) is 23.4 Å². The third kappa shape index (κ3) is 3.01. The molecule has 0 aliphatic carbocycles. The molecule has 0 fully saturated rings. The lowest BCUT2D eigenvalue weighted by Crippen LogP contribution is -2.29. The third-order valence-electron chi connectivity index (χ3n) is 1.82. The minimum atomic E-state index is -0.993. The Morgan fingerprint density at radius 2 is 2.43 bits per heavy atom. The molecule has 0 saturated heterocycles. The molecule has 2 atom stereocenters. The Morgan fingerprint density at radius 3 is 2.93 bits per heavy atom. The van der Waals surface area contributed by atoms with Crippen molar-refractivity contribution in [3.8, 4) is 0 Å². The van der Waals surface area contributed by atoms with Gasteiger partial charge in [-0.1, -0.05) is 11.2 Å². The zero-order chi connectivity index (χ0) is 10.4. The van der Waals surface area contributed by atoms with Crippen LogP contribution in [0.5, 0.6) is 0 Å². The summed E-state index contributed by atoms with van der Waals surface area (Å²) in [6.07, 6.45) is -0.531. The molecular formula is C8H11N3O2S. The molecule has 1 heterocycles. The zero-order valence-corrected chi connectivity index (χ0v) is 8.26. The lowest BCUT2D eigenvalue weighted by molar-refractivity contribution is 0.0745. The molecule has 0 saturated carbocycles. The Kier molecular flexibility index (Phi) is 4.42. The van der Waals surface area contributed by atoms with Crippen LogP contribution in [0.25, 0.3) is 10.4 Å². The number of nitrogens with zero attached hydrogens (tertiary/aromatic N) is 3. The molecule has 0 aliphatic heterocycles. The van der Waals surface area contributed by atoms with Crippen LogP contribution in [0, 0.1) is 0 Å². The first-order valence-electron chi connectivity index (χ1n) is 4.13. The number of azide groups is 1. The highest BCUT2D eigenvalue weighted by atomic mass is 32.1. The first-order chi connectivity index (χ1) is 6.77. The lowest BCUT2D eigenvalue weighted by atomic mass is 10.1. The van der Waals surface area contributed by atoms with E-state index in [9.17, 15) is 5.11 Å². The maximum atomic E-state index is 9.34. The molecule has 0 bridgehead atoms. The molecule has 76 valence electrons. The molecule has 1 rings (SSSR count). The van der Waals surface area contributed by atoms with Crippen molar-refractivity contribution in [3.63, 3.8) is 0 Å². The molecule has 5 nitrogen and oxygen atoms in total. The summed E-state index contributed by atoms with van der Waals surface area (Å²) in [4.78, 5) is 3.67. The van der Waals surface area contributed by atoms with Crippen LogP contribution in [0.4, 0.5) is 0 Å². The van der Waals surface area contributed by atoms with Gasteiger partial charge in [0.05, 0.1) is 18.8 Å². The quantitative estimate of drug-likeness (QED) is 0.439. The average Bonchev–Trinajstić information content (AvgIpc) is 2.68. The van der Waals surface area contributed by atoms with Crippen LogP contribution in [-0.4, -0.2) is 29.0 Å². The number of hydrogen-bond acceptors (Lipinski definition) is 4. The van der Waals surface area contributed by atoms with Gasteiger partial charge < -0.3 is 10.2 Å². The predicted octanol–water partition coefficient (Wildman–Crippen LogP) is 1.32. The Bertz CT molecular complexity index is 308. The van der Waals surface area contributed by atoms with Crippen LogP contribution >= 0.6 is 11.3 Å². The molecule has 6 heteroatoms. The van der Waals surface area contributed by atoms with Crippen molar-refractivity contribution in [2.75, 3.05) is 6.61 Å². The zero-order valence-electron chi connectivity index (χ0n) is 7.45. The van der Waals surface area contributed by atoms with Crippen LogP contribution in [-0.2, 0) is 6.42 Å². The van der Waals surface area contributed by atoms with Gasteiger partial charge in [-0.2, -0.15) is 0 Å². The molecule has 0 aliphatic rings. The minimum Gasteiger partial charge on any atom is -0.394 e. The molecule has 0 unspecified atom stereocenters. The third-order valence-corrected chi connectivity index (χ3v) is 2.72. The molecule has 0 spiro atoms. The molecule has 0 aromatic carbocycles. The fourth-order valence-corrected chi connectivity index (χ4v) is 1.83. The van der Waals surface area contributed by atoms with E-state index in [0.717, 1.165) is 4.88 Å². The summed E-state index contributed by atoms with van der Waals surface area (Å²) in [5, 5.41) is 23.4. The summed E-state index contributed by atoms with van der Waals surface area (Å²) in [6, 6.07) is 3.19. The van der Waals surface area contributed by atoms with Crippen LogP contribution in [0.15, 0.2) is 22.6 Å². The standard InChI is InChI=1S/C8H11N3O2S/c9-11-10-7(8(13)5-12)4-6-2-1-3-14-6/h1-3,7-8,12-13H,4-5H2/t7-,8+/m0/s1. The number of hydrogen-bond donors (Lipinski definition) is 2. The Hall–Kier alpha value is -1.07. The second-order valence-corrected chi connectivity index (χ2v) is 3.84. The largest absolute Gasteiger partial charge is 0.394 e. The van der Waals surface area contributed by atoms with Crippen LogP contribution in [0.1, 0.15) is 4.88 Å². The van der Waals surface area contributed by atoms with E-state index in [2.05, 4.69) is 10.0 Å². The van der Waals surface area contributed by atoms with Gasteiger partial charge in [0.15, 0.2) is 0 Å². The van der Waals surface area contributed by atoms with Gasteiger partial charge in [-0.15, -0.1) is 11.3 Å². The Labute approximate surface area is 85.3 Å². The number of rotatable bonds is 5. The van der Waals surface area contributed by atoms with Gasteiger partial charge in [-0.25, -0.2) is 0 Å². The van der Waals surface area contributed by atoms with Gasteiger partial charge in [0.2, 0.25) is 0 Å². The highest BCUT2D eigenvalue weighted by Crippen LogP contribution is 2.14. The summed E-state index contributed by atoms with van der Waals surface area (Å²) >= 11 is 1.53. The van der Waals surface area contributed by atoms with Gasteiger partial charge in [0.1, 0.15) is 0 Å². The van der Waals surface area contributed by atoms with Gasteiger partial charge >= 0.3 is 0 Å². The SMILES string of the molecule is [N-]=[N+]=N[C@@H](Cc1cccs1)[C@H](O)CO. The number of thiophene rings is 1. The smallest absolute Gasteiger partial charge is 0.0859 e. The van der Waals surface area contributed by atoms with E-state index >= 15 is 0 Å². The van der Waals surface area contributed by atoms with Crippen molar-refractivity contribution in [3.05, 3.63) is 32.8 Å². The van der Waals surface area contributed by atoms with E-state index in [1.807, 2.05) is 17.5 Å². The summed E-state index contributed by atoms with van der Waals surface area (Å²) in [5.74, 6) is 0. The van der Waals surface area contributed by atoms with Gasteiger partial charge in [0.25, 0.3) is 0 Å².